The molecule has 35 heavy (non-hydrogen) atoms. The molecule has 1 unspecified atom stereocenters. The van der Waals surface area contributed by atoms with Gasteiger partial charge in [0.25, 0.3) is 0 Å². The number of hydrogen-bond acceptors (Lipinski definition) is 6. The van der Waals surface area contributed by atoms with Gasteiger partial charge in [0.1, 0.15) is 11.6 Å². The molecule has 3 fully saturated rings. The number of piperidine rings is 1. The van der Waals surface area contributed by atoms with Crippen molar-refractivity contribution in [2.24, 2.45) is 5.92 Å². The zero-order valence-corrected chi connectivity index (χ0v) is 22.5. The molecule has 1 amide bonds. The maximum Gasteiger partial charge on any atom is 0.223 e. The van der Waals surface area contributed by atoms with Crippen LogP contribution in [0.3, 0.4) is 0 Å². The number of fused-ring (bicyclic) bond motifs is 2. The van der Waals surface area contributed by atoms with Crippen LogP contribution in [0.25, 0.3) is 0 Å². The number of hydrogen-bond donors (Lipinski definition) is 1. The maximum absolute atomic E-state index is 13.0. The molecule has 2 saturated heterocycles. The van der Waals surface area contributed by atoms with Crippen LogP contribution < -0.4 is 10.1 Å². The zero-order chi connectivity index (χ0) is 24.5. The molecule has 5 rings (SSSR count). The number of methoxy groups -OCH3 is 1. The van der Waals surface area contributed by atoms with E-state index in [1.54, 1.807) is 18.4 Å². The lowest BCUT2D eigenvalue weighted by Gasteiger charge is -2.40. The smallest absolute Gasteiger partial charge is 0.223 e. The van der Waals surface area contributed by atoms with E-state index in [4.69, 9.17) is 4.74 Å². The summed E-state index contributed by atoms with van der Waals surface area (Å²) in [6.07, 6.45) is 10.2. The Morgan fingerprint density at radius 1 is 1.11 bits per heavy atom. The molecule has 0 spiro atoms. The van der Waals surface area contributed by atoms with Gasteiger partial charge < -0.3 is 14.6 Å². The molecule has 1 N–H and O–H groups in total. The van der Waals surface area contributed by atoms with Gasteiger partial charge in [-0.3, -0.25) is 9.69 Å². The van der Waals surface area contributed by atoms with Crippen molar-refractivity contribution in [2.75, 3.05) is 13.7 Å². The van der Waals surface area contributed by atoms with Crippen LogP contribution in [0.1, 0.15) is 106 Å². The summed E-state index contributed by atoms with van der Waals surface area (Å²) < 4.78 is 7.88. The highest BCUT2D eigenvalue weighted by Crippen LogP contribution is 2.43. The lowest BCUT2D eigenvalue weighted by atomic mass is 9.95. The summed E-state index contributed by atoms with van der Waals surface area (Å²) in [6, 6.07) is 5.91. The number of thiophene rings is 1. The topological polar surface area (TPSA) is 72.3 Å². The van der Waals surface area contributed by atoms with E-state index in [2.05, 4.69) is 51.8 Å². The molecule has 7 nitrogen and oxygen atoms in total. The second-order valence-electron chi connectivity index (χ2n) is 11.1. The van der Waals surface area contributed by atoms with E-state index < -0.39 is 0 Å². The fourth-order valence-corrected chi connectivity index (χ4v) is 7.63. The number of aryl methyl sites for hydroxylation is 1. The summed E-state index contributed by atoms with van der Waals surface area (Å²) in [5, 5.41) is 13.2. The third-order valence-corrected chi connectivity index (χ3v) is 9.66. The molecule has 4 heterocycles. The monoisotopic (exact) mass is 499 g/mol. The molecule has 0 radical (unpaired) electrons. The Bertz CT molecular complexity index is 997. The standard InChI is InChI=1S/C27H41N5O2S/c1-17(2)26-30-29-18(3)32(26)22-15-20-9-10-21(16-22)31(20)14-13-23(24-11-12-25(34-4)35-24)28-27(33)19-7-5-6-8-19/h11-12,17,19-23H,5-10,13-16H2,1-4H3,(H,28,33)/t20-,21+,22?,23-/m0/s1. The predicted molar refractivity (Wildman–Crippen MR) is 139 cm³/mol. The minimum Gasteiger partial charge on any atom is -0.487 e. The second-order valence-corrected chi connectivity index (χ2v) is 12.1. The number of carbonyl (C=O) groups is 1. The van der Waals surface area contributed by atoms with Crippen molar-refractivity contribution in [3.05, 3.63) is 28.7 Å². The van der Waals surface area contributed by atoms with E-state index >= 15 is 0 Å². The fraction of sp³-hybridized carbons (Fsp3) is 0.741. The van der Waals surface area contributed by atoms with E-state index in [-0.39, 0.29) is 17.9 Å². The molecule has 1 aliphatic carbocycles. The number of carbonyl (C=O) groups excluding carboxylic acids is 1. The summed E-state index contributed by atoms with van der Waals surface area (Å²) >= 11 is 1.66. The molecule has 4 atom stereocenters. The summed E-state index contributed by atoms with van der Waals surface area (Å²) in [5.74, 6) is 2.99. The predicted octanol–water partition coefficient (Wildman–Crippen LogP) is 5.39. The Morgan fingerprint density at radius 3 is 2.46 bits per heavy atom. The summed E-state index contributed by atoms with van der Waals surface area (Å²) in [6.45, 7) is 7.54. The maximum atomic E-state index is 13.0. The Balaban J connectivity index is 1.26. The number of nitrogens with zero attached hydrogens (tertiary/aromatic N) is 4. The van der Waals surface area contributed by atoms with E-state index in [0.717, 1.165) is 42.5 Å². The highest BCUT2D eigenvalue weighted by Gasteiger charge is 2.42. The van der Waals surface area contributed by atoms with Gasteiger partial charge in [0.2, 0.25) is 5.91 Å². The van der Waals surface area contributed by atoms with Gasteiger partial charge in [0.15, 0.2) is 5.06 Å². The number of amides is 1. The van der Waals surface area contributed by atoms with E-state index in [9.17, 15) is 4.79 Å². The molecule has 3 aliphatic rings. The van der Waals surface area contributed by atoms with Crippen molar-refractivity contribution in [3.63, 3.8) is 0 Å². The molecule has 2 aliphatic heterocycles. The van der Waals surface area contributed by atoms with Crippen LogP contribution in [-0.4, -0.2) is 51.3 Å². The minimum atomic E-state index is 0.0572. The molecule has 2 aromatic rings. The summed E-state index contributed by atoms with van der Waals surface area (Å²) in [4.78, 5) is 17.0. The fourth-order valence-electron chi connectivity index (χ4n) is 6.72. The molecule has 0 aromatic carbocycles. The van der Waals surface area contributed by atoms with Gasteiger partial charge in [-0.1, -0.05) is 26.7 Å². The third-order valence-electron chi connectivity index (χ3n) is 8.50. The summed E-state index contributed by atoms with van der Waals surface area (Å²) in [7, 11) is 1.71. The van der Waals surface area contributed by atoms with Crippen molar-refractivity contribution in [3.8, 4) is 5.06 Å². The molecular weight excluding hydrogens is 458 g/mol. The van der Waals surface area contributed by atoms with Crippen molar-refractivity contribution < 1.29 is 9.53 Å². The molecule has 192 valence electrons. The first kappa shape index (κ1) is 24.8. The lowest BCUT2D eigenvalue weighted by molar-refractivity contribution is -0.125. The highest BCUT2D eigenvalue weighted by atomic mass is 32.1. The number of aromatic nitrogens is 3. The normalized spacial score (nSPS) is 25.9. The Hall–Kier alpha value is -1.93. The molecule has 8 heteroatoms. The van der Waals surface area contributed by atoms with E-state index in [1.165, 1.54) is 43.4 Å². The Morgan fingerprint density at radius 2 is 1.83 bits per heavy atom. The first-order valence-electron chi connectivity index (χ1n) is 13.6. The third kappa shape index (κ3) is 5.15. The second kappa shape index (κ2) is 10.6. The van der Waals surface area contributed by atoms with Crippen molar-refractivity contribution >= 4 is 17.2 Å². The quantitative estimate of drug-likeness (QED) is 0.501. The van der Waals surface area contributed by atoms with Gasteiger partial charge in [-0.2, -0.15) is 0 Å². The number of ether oxygens (including phenoxy) is 1. The number of rotatable bonds is 9. The van der Waals surface area contributed by atoms with Gasteiger partial charge in [0, 0.05) is 41.4 Å². The van der Waals surface area contributed by atoms with Crippen LogP contribution in [0.5, 0.6) is 5.06 Å². The van der Waals surface area contributed by atoms with E-state index in [1.807, 2.05) is 6.07 Å². The summed E-state index contributed by atoms with van der Waals surface area (Å²) in [5.41, 5.74) is 0. The highest BCUT2D eigenvalue weighted by molar-refractivity contribution is 7.13. The van der Waals surface area contributed by atoms with Gasteiger partial charge in [-0.15, -0.1) is 21.5 Å². The van der Waals surface area contributed by atoms with Crippen LogP contribution in [0.2, 0.25) is 0 Å². The molecule has 2 aromatic heterocycles. The minimum absolute atomic E-state index is 0.0572. The Kier molecular flexibility index (Phi) is 7.49. The largest absolute Gasteiger partial charge is 0.487 e. The van der Waals surface area contributed by atoms with E-state index in [0.29, 0.717) is 24.0 Å². The number of nitrogens with one attached hydrogen (secondary N) is 1. The SMILES string of the molecule is COc1ccc([C@H](CCN2[C@@H]3CC[C@H]2CC(n2c(C)nnc2C(C)C)C3)NC(=O)C2CCCC2)s1. The Labute approximate surface area is 213 Å². The van der Waals surface area contributed by atoms with Gasteiger partial charge in [-0.25, -0.2) is 0 Å². The van der Waals surface area contributed by atoms with Crippen molar-refractivity contribution in [1.82, 2.24) is 25.0 Å². The first-order chi connectivity index (χ1) is 16.9. The van der Waals surface area contributed by atoms with Crippen LogP contribution in [0, 0.1) is 12.8 Å². The molecular formula is C27H41N5O2S. The molecule has 1 saturated carbocycles. The van der Waals surface area contributed by atoms with Crippen molar-refractivity contribution in [1.29, 1.82) is 0 Å². The first-order valence-corrected chi connectivity index (χ1v) is 14.4. The van der Waals surface area contributed by atoms with Crippen LogP contribution in [0.15, 0.2) is 12.1 Å². The van der Waals surface area contributed by atoms with Gasteiger partial charge in [-0.05, 0) is 64.0 Å². The van der Waals surface area contributed by atoms with Crippen LogP contribution in [0.4, 0.5) is 0 Å². The van der Waals surface area contributed by atoms with Crippen LogP contribution in [-0.2, 0) is 4.79 Å². The zero-order valence-electron chi connectivity index (χ0n) is 21.7. The average Bonchev–Trinajstić information content (AvgIpc) is 3.63. The van der Waals surface area contributed by atoms with Crippen molar-refractivity contribution in [2.45, 2.75) is 109 Å². The van der Waals surface area contributed by atoms with Gasteiger partial charge in [0.05, 0.1) is 13.2 Å². The van der Waals surface area contributed by atoms with Crippen LogP contribution >= 0.6 is 11.3 Å². The molecule has 2 bridgehead atoms. The van der Waals surface area contributed by atoms with Gasteiger partial charge >= 0.3 is 0 Å². The average molecular weight is 500 g/mol. The lowest BCUT2D eigenvalue weighted by Crippen LogP contribution is -2.45.